The van der Waals surface area contributed by atoms with Crippen LogP contribution < -0.4 is 0 Å². The molecule has 0 aromatic carbocycles. The molecule has 0 aliphatic carbocycles. The van der Waals surface area contributed by atoms with Crippen LogP contribution in [0, 0.1) is 13.8 Å². The maximum Gasteiger partial charge on any atom is 0.150 e. The Morgan fingerprint density at radius 1 is 1.67 bits per heavy atom. The van der Waals surface area contributed by atoms with Crippen molar-refractivity contribution in [1.29, 1.82) is 0 Å². The van der Waals surface area contributed by atoms with Gasteiger partial charge in [0.25, 0.3) is 0 Å². The van der Waals surface area contributed by atoms with E-state index in [9.17, 15) is 0 Å². The van der Waals surface area contributed by atoms with Crippen molar-refractivity contribution in [2.75, 3.05) is 5.75 Å². The Bertz CT molecular complexity index is 274. The van der Waals surface area contributed by atoms with E-state index in [-0.39, 0.29) is 0 Å². The molecule has 1 nitrogen and oxygen atoms in total. The molecule has 0 atom stereocenters. The molecule has 0 amide bonds. The predicted molar refractivity (Wildman–Crippen MR) is 57.3 cm³/mol. The molecular formula is C8H10ClNS2. The number of aryl methyl sites for hydroxylation is 2. The lowest BCUT2D eigenvalue weighted by Crippen LogP contribution is -1.76. The second kappa shape index (κ2) is 4.30. The molecule has 1 aromatic rings. The van der Waals surface area contributed by atoms with E-state index in [1.807, 2.05) is 6.92 Å². The third-order valence-corrected chi connectivity index (χ3v) is 3.96. The summed E-state index contributed by atoms with van der Waals surface area (Å²) in [6, 6.07) is 0. The molecule has 12 heavy (non-hydrogen) atoms. The number of thiazole rings is 1. The molecule has 0 fully saturated rings. The van der Waals surface area contributed by atoms with Crippen molar-refractivity contribution >= 4 is 34.7 Å². The Kier molecular flexibility index (Phi) is 3.62. The van der Waals surface area contributed by atoms with Gasteiger partial charge < -0.3 is 0 Å². The average Bonchev–Trinajstić information content (AvgIpc) is 2.28. The zero-order valence-corrected chi connectivity index (χ0v) is 9.44. The van der Waals surface area contributed by atoms with E-state index in [1.54, 1.807) is 23.1 Å². The van der Waals surface area contributed by atoms with Gasteiger partial charge in [0.15, 0.2) is 4.34 Å². The molecule has 0 saturated heterocycles. The standard InChI is InChI=1S/C8H10ClNS2/c1-5(9)4-11-8-10-6(2)7(3)12-8/h1,4H2,2-3H3. The maximum atomic E-state index is 5.64. The Morgan fingerprint density at radius 3 is 2.75 bits per heavy atom. The van der Waals surface area contributed by atoms with Gasteiger partial charge in [-0.3, -0.25) is 0 Å². The number of aromatic nitrogens is 1. The van der Waals surface area contributed by atoms with E-state index in [4.69, 9.17) is 11.6 Å². The van der Waals surface area contributed by atoms with Crippen LogP contribution in [0.25, 0.3) is 0 Å². The van der Waals surface area contributed by atoms with Crippen LogP contribution in [-0.2, 0) is 0 Å². The van der Waals surface area contributed by atoms with Gasteiger partial charge in [-0.05, 0) is 13.8 Å². The number of hydrogen-bond donors (Lipinski definition) is 0. The molecule has 0 N–H and O–H groups in total. The summed E-state index contributed by atoms with van der Waals surface area (Å²) in [6.45, 7) is 7.72. The largest absolute Gasteiger partial charge is 0.235 e. The molecular weight excluding hydrogens is 210 g/mol. The number of nitrogens with zero attached hydrogens (tertiary/aromatic N) is 1. The summed E-state index contributed by atoms with van der Waals surface area (Å²) in [5.41, 5.74) is 1.11. The lowest BCUT2D eigenvalue weighted by molar-refractivity contribution is 1.14. The van der Waals surface area contributed by atoms with Crippen LogP contribution in [0.1, 0.15) is 10.6 Å². The highest BCUT2D eigenvalue weighted by molar-refractivity contribution is 8.01. The zero-order chi connectivity index (χ0) is 9.14. The van der Waals surface area contributed by atoms with E-state index in [0.717, 1.165) is 15.8 Å². The van der Waals surface area contributed by atoms with Crippen molar-refractivity contribution in [3.8, 4) is 0 Å². The van der Waals surface area contributed by atoms with Crippen molar-refractivity contribution in [3.63, 3.8) is 0 Å². The molecule has 0 aliphatic rings. The van der Waals surface area contributed by atoms with Gasteiger partial charge in [0.05, 0.1) is 5.69 Å². The van der Waals surface area contributed by atoms with Crippen LogP contribution in [0.3, 0.4) is 0 Å². The van der Waals surface area contributed by atoms with Gasteiger partial charge in [-0.2, -0.15) is 0 Å². The molecule has 0 aliphatic heterocycles. The Morgan fingerprint density at radius 2 is 2.33 bits per heavy atom. The van der Waals surface area contributed by atoms with E-state index in [2.05, 4.69) is 18.5 Å². The number of halogens is 1. The van der Waals surface area contributed by atoms with Gasteiger partial charge in [-0.1, -0.05) is 29.9 Å². The molecule has 0 bridgehead atoms. The topological polar surface area (TPSA) is 12.9 Å². The van der Waals surface area contributed by atoms with Crippen molar-refractivity contribution in [2.24, 2.45) is 0 Å². The number of thioether (sulfide) groups is 1. The second-order valence-corrected chi connectivity index (χ2v) is 5.39. The second-order valence-electron chi connectivity index (χ2n) is 2.43. The monoisotopic (exact) mass is 219 g/mol. The quantitative estimate of drug-likeness (QED) is 0.721. The summed E-state index contributed by atoms with van der Waals surface area (Å²) < 4.78 is 1.08. The first kappa shape index (κ1) is 10.1. The van der Waals surface area contributed by atoms with Crippen LogP contribution in [0.4, 0.5) is 0 Å². The number of rotatable bonds is 3. The van der Waals surface area contributed by atoms with E-state index < -0.39 is 0 Å². The Labute approximate surface area is 85.9 Å². The van der Waals surface area contributed by atoms with Crippen molar-refractivity contribution in [2.45, 2.75) is 18.2 Å². The number of hydrogen-bond acceptors (Lipinski definition) is 3. The van der Waals surface area contributed by atoms with Crippen LogP contribution >= 0.6 is 34.7 Å². The molecule has 66 valence electrons. The molecule has 1 rings (SSSR count). The minimum absolute atomic E-state index is 0.672. The van der Waals surface area contributed by atoms with Crippen LogP contribution in [0.15, 0.2) is 16.0 Å². The fraction of sp³-hybridized carbons (Fsp3) is 0.375. The SMILES string of the molecule is C=C(Cl)CSc1nc(C)c(C)s1. The maximum absolute atomic E-state index is 5.64. The molecule has 1 heterocycles. The fourth-order valence-corrected chi connectivity index (χ4v) is 2.72. The lowest BCUT2D eigenvalue weighted by atomic mass is 10.4. The summed E-state index contributed by atoms with van der Waals surface area (Å²) in [4.78, 5) is 5.64. The minimum atomic E-state index is 0.672. The van der Waals surface area contributed by atoms with E-state index in [1.165, 1.54) is 4.88 Å². The fourth-order valence-electron chi connectivity index (χ4n) is 0.645. The lowest BCUT2D eigenvalue weighted by Gasteiger charge is -1.91. The molecule has 0 saturated carbocycles. The zero-order valence-electron chi connectivity index (χ0n) is 7.06. The molecule has 0 unspecified atom stereocenters. The first-order valence-electron chi connectivity index (χ1n) is 3.49. The van der Waals surface area contributed by atoms with E-state index in [0.29, 0.717) is 5.03 Å². The van der Waals surface area contributed by atoms with Gasteiger partial charge in [-0.15, -0.1) is 11.3 Å². The highest BCUT2D eigenvalue weighted by Crippen LogP contribution is 2.27. The average molecular weight is 220 g/mol. The molecule has 1 aromatic heterocycles. The summed E-state index contributed by atoms with van der Waals surface area (Å²) in [5, 5.41) is 0.672. The Hall–Kier alpha value is 0.01000. The Balaban J connectivity index is 2.58. The van der Waals surface area contributed by atoms with Gasteiger partial charge in [0.2, 0.25) is 0 Å². The summed E-state index contributed by atoms with van der Waals surface area (Å²) in [6.07, 6.45) is 0. The van der Waals surface area contributed by atoms with Crippen LogP contribution in [0.5, 0.6) is 0 Å². The molecule has 0 spiro atoms. The highest BCUT2D eigenvalue weighted by Gasteiger charge is 2.03. The van der Waals surface area contributed by atoms with Gasteiger partial charge in [0.1, 0.15) is 0 Å². The predicted octanol–water partition coefficient (Wildman–Crippen LogP) is 3.60. The normalized spacial score (nSPS) is 10.2. The summed E-state index contributed by atoms with van der Waals surface area (Å²) in [7, 11) is 0. The van der Waals surface area contributed by atoms with Crippen molar-refractivity contribution < 1.29 is 0 Å². The summed E-state index contributed by atoms with van der Waals surface area (Å²) >= 11 is 8.98. The van der Waals surface area contributed by atoms with Crippen LogP contribution in [0.2, 0.25) is 0 Å². The minimum Gasteiger partial charge on any atom is -0.235 e. The van der Waals surface area contributed by atoms with Gasteiger partial charge >= 0.3 is 0 Å². The first-order chi connectivity index (χ1) is 5.59. The van der Waals surface area contributed by atoms with E-state index >= 15 is 0 Å². The van der Waals surface area contributed by atoms with Crippen LogP contribution in [-0.4, -0.2) is 10.7 Å². The van der Waals surface area contributed by atoms with Gasteiger partial charge in [0, 0.05) is 15.7 Å². The third-order valence-electron chi connectivity index (χ3n) is 1.36. The molecule has 0 radical (unpaired) electrons. The van der Waals surface area contributed by atoms with Gasteiger partial charge in [-0.25, -0.2) is 4.98 Å². The highest BCUT2D eigenvalue weighted by atomic mass is 35.5. The smallest absolute Gasteiger partial charge is 0.150 e. The third kappa shape index (κ3) is 2.81. The summed E-state index contributed by atoms with van der Waals surface area (Å²) in [5.74, 6) is 0.744. The van der Waals surface area contributed by atoms with Crippen molar-refractivity contribution in [1.82, 2.24) is 4.98 Å². The first-order valence-corrected chi connectivity index (χ1v) is 5.67. The molecule has 4 heteroatoms. The van der Waals surface area contributed by atoms with Crippen molar-refractivity contribution in [3.05, 3.63) is 22.2 Å².